The summed E-state index contributed by atoms with van der Waals surface area (Å²) in [4.78, 5) is 0. The van der Waals surface area contributed by atoms with Gasteiger partial charge in [-0.3, -0.25) is 0 Å². The molecule has 2 atom stereocenters. The van der Waals surface area contributed by atoms with E-state index in [2.05, 4.69) is 5.32 Å². The molecule has 0 aromatic heterocycles. The minimum atomic E-state index is 0.307. The first kappa shape index (κ1) is 9.13. The van der Waals surface area contributed by atoms with Gasteiger partial charge in [0.1, 0.15) is 0 Å². The van der Waals surface area contributed by atoms with Crippen LogP contribution in [0.1, 0.15) is 32.1 Å². The van der Waals surface area contributed by atoms with Gasteiger partial charge in [0.25, 0.3) is 0 Å². The number of fused-ring (bicyclic) bond motifs is 1. The van der Waals surface area contributed by atoms with Crippen LogP contribution in [-0.2, 0) is 9.47 Å². The fraction of sp³-hybridized carbons (Fsp3) is 1.00. The van der Waals surface area contributed by atoms with E-state index in [1.54, 1.807) is 0 Å². The average molecular weight is 197 g/mol. The largest absolute Gasteiger partial charge is 0.380 e. The third-order valence-corrected chi connectivity index (χ3v) is 3.92. The summed E-state index contributed by atoms with van der Waals surface area (Å²) < 4.78 is 11.5. The Morgan fingerprint density at radius 3 is 2.93 bits per heavy atom. The molecule has 3 rings (SSSR count). The maximum absolute atomic E-state index is 5.98. The van der Waals surface area contributed by atoms with Crippen LogP contribution in [0.2, 0.25) is 0 Å². The van der Waals surface area contributed by atoms with Crippen molar-refractivity contribution in [1.29, 1.82) is 0 Å². The van der Waals surface area contributed by atoms with Gasteiger partial charge in [-0.25, -0.2) is 0 Å². The van der Waals surface area contributed by atoms with Gasteiger partial charge >= 0.3 is 0 Å². The van der Waals surface area contributed by atoms with E-state index in [9.17, 15) is 0 Å². The quantitative estimate of drug-likeness (QED) is 0.630. The minimum Gasteiger partial charge on any atom is -0.380 e. The minimum absolute atomic E-state index is 0.307. The van der Waals surface area contributed by atoms with Crippen LogP contribution >= 0.6 is 0 Å². The van der Waals surface area contributed by atoms with Gasteiger partial charge in [-0.15, -0.1) is 0 Å². The van der Waals surface area contributed by atoms with Crippen LogP contribution in [0.15, 0.2) is 0 Å². The first-order valence-corrected chi connectivity index (χ1v) is 5.85. The molecule has 2 aliphatic heterocycles. The van der Waals surface area contributed by atoms with E-state index in [-0.39, 0.29) is 0 Å². The second-order valence-electron chi connectivity index (χ2n) is 4.95. The average Bonchev–Trinajstić information content (AvgIpc) is 2.66. The van der Waals surface area contributed by atoms with Crippen LogP contribution in [0.3, 0.4) is 0 Å². The molecule has 0 amide bonds. The van der Waals surface area contributed by atoms with Crippen LogP contribution in [0.25, 0.3) is 0 Å². The molecule has 1 N–H and O–H groups in total. The van der Waals surface area contributed by atoms with Crippen LogP contribution < -0.4 is 5.32 Å². The second kappa shape index (κ2) is 3.47. The number of hydrogen-bond donors (Lipinski definition) is 1. The van der Waals surface area contributed by atoms with Gasteiger partial charge in [0.2, 0.25) is 0 Å². The Bertz CT molecular complexity index is 213. The molecule has 3 heteroatoms. The molecule has 0 bridgehead atoms. The highest BCUT2D eigenvalue weighted by Gasteiger charge is 2.43. The highest BCUT2D eigenvalue weighted by Crippen LogP contribution is 2.34. The summed E-state index contributed by atoms with van der Waals surface area (Å²) in [6.45, 7) is 2.64. The lowest BCUT2D eigenvalue weighted by atomic mass is 9.92. The van der Waals surface area contributed by atoms with Gasteiger partial charge in [0.05, 0.1) is 25.4 Å². The molecule has 2 unspecified atom stereocenters. The topological polar surface area (TPSA) is 30.5 Å². The summed E-state index contributed by atoms with van der Waals surface area (Å²) in [7, 11) is 0. The summed E-state index contributed by atoms with van der Waals surface area (Å²) in [6.07, 6.45) is 6.76. The highest BCUT2D eigenvalue weighted by atomic mass is 16.5. The molecule has 1 spiro atoms. The second-order valence-corrected chi connectivity index (χ2v) is 4.95. The third kappa shape index (κ3) is 1.47. The molecular formula is C11H19NO2. The zero-order valence-corrected chi connectivity index (χ0v) is 8.63. The SMILES string of the molecule is C1CCC2(C1)COC1CCOCC1N2. The molecule has 3 fully saturated rings. The Hall–Kier alpha value is -0.120. The van der Waals surface area contributed by atoms with Crippen molar-refractivity contribution in [3.05, 3.63) is 0 Å². The van der Waals surface area contributed by atoms with Gasteiger partial charge in [-0.1, -0.05) is 12.8 Å². The van der Waals surface area contributed by atoms with Crippen LogP contribution in [-0.4, -0.2) is 37.5 Å². The number of hydrogen-bond acceptors (Lipinski definition) is 3. The Kier molecular flexibility index (Phi) is 2.26. The van der Waals surface area contributed by atoms with Crippen LogP contribution in [0, 0.1) is 0 Å². The van der Waals surface area contributed by atoms with E-state index in [4.69, 9.17) is 9.47 Å². The highest BCUT2D eigenvalue weighted by molar-refractivity contribution is 5.00. The van der Waals surface area contributed by atoms with Crippen molar-refractivity contribution in [3.63, 3.8) is 0 Å². The van der Waals surface area contributed by atoms with Gasteiger partial charge in [-0.05, 0) is 19.3 Å². The van der Waals surface area contributed by atoms with Gasteiger partial charge < -0.3 is 14.8 Å². The first-order valence-electron chi connectivity index (χ1n) is 5.85. The van der Waals surface area contributed by atoms with E-state index in [1.807, 2.05) is 0 Å². The van der Waals surface area contributed by atoms with Gasteiger partial charge in [0, 0.05) is 12.1 Å². The normalized spacial score (nSPS) is 41.1. The fourth-order valence-electron chi connectivity index (χ4n) is 3.09. The monoisotopic (exact) mass is 197 g/mol. The van der Waals surface area contributed by atoms with Crippen molar-refractivity contribution in [2.75, 3.05) is 19.8 Å². The molecule has 1 aliphatic carbocycles. The van der Waals surface area contributed by atoms with Gasteiger partial charge in [0.15, 0.2) is 0 Å². The predicted molar refractivity (Wildman–Crippen MR) is 53.3 cm³/mol. The maximum Gasteiger partial charge on any atom is 0.0773 e. The lowest BCUT2D eigenvalue weighted by Crippen LogP contribution is -2.64. The number of rotatable bonds is 0. The Labute approximate surface area is 85.1 Å². The van der Waals surface area contributed by atoms with Crippen molar-refractivity contribution < 1.29 is 9.47 Å². The van der Waals surface area contributed by atoms with Crippen molar-refractivity contribution in [2.24, 2.45) is 0 Å². The molecule has 0 aromatic rings. The molecule has 0 radical (unpaired) electrons. The summed E-state index contributed by atoms with van der Waals surface area (Å²) in [5.41, 5.74) is 0.307. The molecule has 1 saturated carbocycles. The summed E-state index contributed by atoms with van der Waals surface area (Å²) in [6, 6.07) is 0.454. The Balaban J connectivity index is 1.70. The van der Waals surface area contributed by atoms with Gasteiger partial charge in [-0.2, -0.15) is 0 Å². The standard InChI is InChI=1S/C11H19NO2/c1-2-5-11(4-1)8-14-10-3-6-13-7-9(10)12-11/h9-10,12H,1-8H2. The van der Waals surface area contributed by atoms with Crippen molar-refractivity contribution >= 4 is 0 Å². The van der Waals surface area contributed by atoms with Crippen molar-refractivity contribution in [1.82, 2.24) is 5.32 Å². The van der Waals surface area contributed by atoms with Crippen LogP contribution in [0.4, 0.5) is 0 Å². The third-order valence-electron chi connectivity index (χ3n) is 3.92. The summed E-state index contributed by atoms with van der Waals surface area (Å²) >= 11 is 0. The zero-order valence-electron chi connectivity index (χ0n) is 8.63. The van der Waals surface area contributed by atoms with Crippen molar-refractivity contribution in [3.8, 4) is 0 Å². The first-order chi connectivity index (χ1) is 6.88. The van der Waals surface area contributed by atoms with E-state index in [0.29, 0.717) is 17.7 Å². The number of ether oxygens (including phenoxy) is 2. The Morgan fingerprint density at radius 2 is 2.07 bits per heavy atom. The smallest absolute Gasteiger partial charge is 0.0773 e. The van der Waals surface area contributed by atoms with Crippen LogP contribution in [0.5, 0.6) is 0 Å². The molecule has 2 heterocycles. The van der Waals surface area contributed by atoms with E-state index < -0.39 is 0 Å². The molecule has 3 aliphatic rings. The lowest BCUT2D eigenvalue weighted by molar-refractivity contribution is -0.115. The Morgan fingerprint density at radius 1 is 1.21 bits per heavy atom. The zero-order chi connectivity index (χ0) is 9.43. The lowest BCUT2D eigenvalue weighted by Gasteiger charge is -2.45. The molecule has 0 aromatic carbocycles. The molecule has 14 heavy (non-hydrogen) atoms. The summed E-state index contributed by atoms with van der Waals surface area (Å²) in [5.74, 6) is 0. The fourth-order valence-corrected chi connectivity index (χ4v) is 3.09. The number of nitrogens with one attached hydrogen (secondary N) is 1. The van der Waals surface area contributed by atoms with E-state index in [0.717, 1.165) is 26.2 Å². The molecular weight excluding hydrogens is 178 g/mol. The predicted octanol–water partition coefficient (Wildman–Crippen LogP) is 1.08. The molecule has 80 valence electrons. The number of morpholine rings is 1. The molecule has 3 nitrogen and oxygen atoms in total. The molecule has 2 saturated heterocycles. The van der Waals surface area contributed by atoms with Crippen molar-refractivity contribution in [2.45, 2.75) is 49.8 Å². The van der Waals surface area contributed by atoms with E-state index in [1.165, 1.54) is 25.7 Å². The summed E-state index contributed by atoms with van der Waals surface area (Å²) in [5, 5.41) is 3.78. The van der Waals surface area contributed by atoms with E-state index >= 15 is 0 Å². The maximum atomic E-state index is 5.98.